The number of aliphatic hydroxyl groups excluding tert-OH is 1. The Labute approximate surface area is 60.4 Å². The van der Waals surface area contributed by atoms with Crippen LogP contribution in [0.5, 0.6) is 0 Å². The van der Waals surface area contributed by atoms with Crippen LogP contribution in [0.3, 0.4) is 0 Å². The SMILES string of the molecule is O=S(=O)=C1NCCCC1O. The van der Waals surface area contributed by atoms with E-state index in [4.69, 9.17) is 5.11 Å². The van der Waals surface area contributed by atoms with Gasteiger partial charge in [0.05, 0.1) is 0 Å². The van der Waals surface area contributed by atoms with Crippen LogP contribution in [0.15, 0.2) is 0 Å². The van der Waals surface area contributed by atoms with Crippen molar-refractivity contribution in [2.45, 2.75) is 18.9 Å². The lowest BCUT2D eigenvalue weighted by molar-refractivity contribution is 0.217. The molecule has 0 amide bonds. The van der Waals surface area contributed by atoms with Crippen molar-refractivity contribution in [3.8, 4) is 0 Å². The van der Waals surface area contributed by atoms with Gasteiger partial charge in [-0.2, -0.15) is 8.42 Å². The Balaban J connectivity index is 2.86. The van der Waals surface area contributed by atoms with Crippen molar-refractivity contribution in [3.63, 3.8) is 0 Å². The Morgan fingerprint density at radius 2 is 2.30 bits per heavy atom. The molecule has 0 aromatic heterocycles. The molecule has 0 bridgehead atoms. The first-order valence-corrected chi connectivity index (χ1v) is 4.17. The monoisotopic (exact) mass is 163 g/mol. The van der Waals surface area contributed by atoms with Crippen molar-refractivity contribution in [1.29, 1.82) is 0 Å². The van der Waals surface area contributed by atoms with Crippen LogP contribution in [-0.4, -0.2) is 31.2 Å². The zero-order valence-electron chi connectivity index (χ0n) is 5.37. The van der Waals surface area contributed by atoms with E-state index in [0.717, 1.165) is 6.42 Å². The summed E-state index contributed by atoms with van der Waals surface area (Å²) in [5.74, 6) is 0. The summed E-state index contributed by atoms with van der Waals surface area (Å²) in [6.07, 6.45) is 0.546. The van der Waals surface area contributed by atoms with Gasteiger partial charge in [0.1, 0.15) is 11.1 Å². The number of rotatable bonds is 0. The Morgan fingerprint density at radius 1 is 1.60 bits per heavy atom. The summed E-state index contributed by atoms with van der Waals surface area (Å²) < 4.78 is 20.6. The van der Waals surface area contributed by atoms with Crippen LogP contribution in [0.4, 0.5) is 0 Å². The van der Waals surface area contributed by atoms with Crippen LogP contribution in [0.1, 0.15) is 12.8 Å². The van der Waals surface area contributed by atoms with Crippen molar-refractivity contribution in [3.05, 3.63) is 0 Å². The second-order valence-corrected chi connectivity index (χ2v) is 3.09. The summed E-state index contributed by atoms with van der Waals surface area (Å²) in [7, 11) is -2.28. The predicted molar refractivity (Wildman–Crippen MR) is 37.2 cm³/mol. The molecule has 0 spiro atoms. The molecule has 1 atom stereocenters. The fourth-order valence-corrected chi connectivity index (χ4v) is 1.49. The molecule has 1 aliphatic heterocycles. The smallest absolute Gasteiger partial charge is 0.230 e. The summed E-state index contributed by atoms with van der Waals surface area (Å²) in [6.45, 7) is 0.639. The molecule has 5 heteroatoms. The molecular weight excluding hydrogens is 154 g/mol. The maximum atomic E-state index is 10.3. The quantitative estimate of drug-likeness (QED) is 0.437. The van der Waals surface area contributed by atoms with Gasteiger partial charge < -0.3 is 5.11 Å². The average molecular weight is 163 g/mol. The molecule has 1 unspecified atom stereocenters. The highest BCUT2D eigenvalue weighted by Crippen LogP contribution is 2.01. The van der Waals surface area contributed by atoms with Gasteiger partial charge in [0.25, 0.3) is 0 Å². The number of piperidine rings is 1. The number of aliphatic hydroxyl groups is 1. The minimum atomic E-state index is -2.28. The van der Waals surface area contributed by atoms with Gasteiger partial charge >= 0.3 is 0 Å². The standard InChI is InChI=1S/C5H9NO3S/c7-4-2-1-3-6-5(4)10(8)9/h4,6-7H,1-3H2. The fraction of sp³-hybridized carbons (Fsp3) is 0.800. The van der Waals surface area contributed by atoms with E-state index in [1.54, 1.807) is 0 Å². The summed E-state index contributed by atoms with van der Waals surface area (Å²) in [5, 5.41) is 11.7. The van der Waals surface area contributed by atoms with Gasteiger partial charge in [0, 0.05) is 6.54 Å². The molecule has 0 radical (unpaired) electrons. The van der Waals surface area contributed by atoms with Gasteiger partial charge in [-0.05, 0) is 12.8 Å². The molecule has 1 fully saturated rings. The van der Waals surface area contributed by atoms with E-state index in [1.165, 1.54) is 0 Å². The topological polar surface area (TPSA) is 66.4 Å². The summed E-state index contributed by atoms with van der Waals surface area (Å²) in [6, 6.07) is 0. The molecule has 1 aliphatic rings. The molecule has 58 valence electrons. The van der Waals surface area contributed by atoms with Gasteiger partial charge in [-0.3, -0.25) is 5.32 Å². The van der Waals surface area contributed by atoms with Gasteiger partial charge in [-0.25, -0.2) is 0 Å². The Kier molecular flexibility index (Phi) is 2.42. The third-order valence-electron chi connectivity index (χ3n) is 1.44. The molecule has 10 heavy (non-hydrogen) atoms. The first-order valence-electron chi connectivity index (χ1n) is 3.10. The van der Waals surface area contributed by atoms with Crippen LogP contribution < -0.4 is 5.32 Å². The Morgan fingerprint density at radius 3 is 2.70 bits per heavy atom. The first kappa shape index (κ1) is 7.71. The normalized spacial score (nSPS) is 26.5. The van der Waals surface area contributed by atoms with E-state index in [1.807, 2.05) is 0 Å². The van der Waals surface area contributed by atoms with Gasteiger partial charge in [-0.1, -0.05) is 0 Å². The minimum absolute atomic E-state index is 0.0336. The minimum Gasteiger partial charge on any atom is -0.386 e. The highest BCUT2D eigenvalue weighted by Gasteiger charge is 2.17. The van der Waals surface area contributed by atoms with Gasteiger partial charge in [0.15, 0.2) is 0 Å². The van der Waals surface area contributed by atoms with E-state index in [-0.39, 0.29) is 4.99 Å². The molecule has 2 N–H and O–H groups in total. The van der Waals surface area contributed by atoms with Crippen LogP contribution in [0.2, 0.25) is 0 Å². The van der Waals surface area contributed by atoms with Crippen molar-refractivity contribution < 1.29 is 13.5 Å². The van der Waals surface area contributed by atoms with Gasteiger partial charge in [0.2, 0.25) is 10.3 Å². The molecule has 0 aromatic rings. The van der Waals surface area contributed by atoms with E-state index in [0.29, 0.717) is 13.0 Å². The largest absolute Gasteiger partial charge is 0.386 e. The number of nitrogens with one attached hydrogen (secondary N) is 1. The highest BCUT2D eigenvalue weighted by molar-refractivity contribution is 7.73. The molecule has 1 heterocycles. The first-order chi connectivity index (χ1) is 4.72. The second-order valence-electron chi connectivity index (χ2n) is 2.18. The summed E-state index contributed by atoms with van der Waals surface area (Å²) in [5.41, 5.74) is 0. The molecule has 0 aliphatic carbocycles. The molecular formula is C5H9NO3S. The van der Waals surface area contributed by atoms with Crippen molar-refractivity contribution in [2.24, 2.45) is 0 Å². The molecule has 1 saturated heterocycles. The summed E-state index contributed by atoms with van der Waals surface area (Å²) >= 11 is 0. The fourth-order valence-electron chi connectivity index (χ4n) is 0.926. The van der Waals surface area contributed by atoms with Crippen LogP contribution in [0, 0.1) is 0 Å². The van der Waals surface area contributed by atoms with E-state index >= 15 is 0 Å². The summed E-state index contributed by atoms with van der Waals surface area (Å²) in [4.78, 5) is 0.0336. The molecule has 4 nitrogen and oxygen atoms in total. The zero-order valence-corrected chi connectivity index (χ0v) is 6.19. The zero-order chi connectivity index (χ0) is 7.56. The number of hydrogen-bond donors (Lipinski definition) is 2. The predicted octanol–water partition coefficient (Wildman–Crippen LogP) is -1.26. The van der Waals surface area contributed by atoms with Crippen LogP contribution in [0.25, 0.3) is 0 Å². The second kappa shape index (κ2) is 3.14. The van der Waals surface area contributed by atoms with Crippen molar-refractivity contribution in [2.75, 3.05) is 6.54 Å². The van der Waals surface area contributed by atoms with Gasteiger partial charge in [-0.15, -0.1) is 0 Å². The van der Waals surface area contributed by atoms with Crippen molar-refractivity contribution >= 4 is 15.3 Å². The Bertz CT molecular complexity index is 236. The third-order valence-corrected chi connectivity index (χ3v) is 2.21. The van der Waals surface area contributed by atoms with E-state index in [9.17, 15) is 8.42 Å². The number of hydrogen-bond acceptors (Lipinski definition) is 3. The average Bonchev–Trinajstić information content (AvgIpc) is 1.88. The van der Waals surface area contributed by atoms with E-state index < -0.39 is 16.4 Å². The van der Waals surface area contributed by atoms with Crippen LogP contribution >= 0.6 is 0 Å². The lowest BCUT2D eigenvalue weighted by Gasteiger charge is -2.17. The lowest BCUT2D eigenvalue weighted by Crippen LogP contribution is -2.40. The van der Waals surface area contributed by atoms with E-state index in [2.05, 4.69) is 5.32 Å². The maximum absolute atomic E-state index is 10.3. The lowest BCUT2D eigenvalue weighted by atomic mass is 10.1. The highest BCUT2D eigenvalue weighted by atomic mass is 32.2. The molecule has 0 saturated carbocycles. The Hall–Kier alpha value is -0.390. The maximum Gasteiger partial charge on any atom is 0.230 e. The van der Waals surface area contributed by atoms with Crippen molar-refractivity contribution in [1.82, 2.24) is 5.32 Å². The van der Waals surface area contributed by atoms with Crippen LogP contribution in [-0.2, 0) is 10.3 Å². The third kappa shape index (κ3) is 1.56. The molecule has 0 aromatic carbocycles. The molecule has 1 rings (SSSR count).